The van der Waals surface area contributed by atoms with Crippen LogP contribution >= 0.6 is 0 Å². The molecule has 0 amide bonds. The standard InChI is InChI=1S/C26H26N4O4/c1-17-9-11-19(12-10-17)22(31)15-28-16-27-24-23(28)25(32)29(14-20-7-5-13-34-20)26(33)30(24)21-8-4-3-6-18(21)2/h3-4,6,8-12,16,20H,5,7,13-15H2,1-2H3. The maximum atomic E-state index is 13.6. The van der Waals surface area contributed by atoms with Crippen LogP contribution in [0, 0.1) is 13.8 Å². The second kappa shape index (κ2) is 8.87. The van der Waals surface area contributed by atoms with E-state index in [4.69, 9.17) is 4.74 Å². The zero-order valence-electron chi connectivity index (χ0n) is 19.2. The highest BCUT2D eigenvalue weighted by Crippen LogP contribution is 2.18. The van der Waals surface area contributed by atoms with Crippen LogP contribution in [0.4, 0.5) is 0 Å². The Balaban J connectivity index is 1.68. The second-order valence-electron chi connectivity index (χ2n) is 8.79. The van der Waals surface area contributed by atoms with Crippen molar-refractivity contribution in [3.05, 3.63) is 92.4 Å². The van der Waals surface area contributed by atoms with Gasteiger partial charge in [-0.15, -0.1) is 0 Å². The number of carbonyl (C=O) groups excluding carboxylic acids is 1. The molecule has 3 heterocycles. The Morgan fingerprint density at radius 2 is 1.85 bits per heavy atom. The Morgan fingerprint density at radius 1 is 1.09 bits per heavy atom. The number of nitrogens with zero attached hydrogens (tertiary/aromatic N) is 4. The van der Waals surface area contributed by atoms with Crippen LogP contribution in [0.15, 0.2) is 64.4 Å². The van der Waals surface area contributed by atoms with Crippen LogP contribution in [0.5, 0.6) is 0 Å². The van der Waals surface area contributed by atoms with Crippen molar-refractivity contribution >= 4 is 16.9 Å². The SMILES string of the molecule is Cc1ccc(C(=O)Cn2cnc3c2c(=O)n(CC2CCCO2)c(=O)n3-c2ccccc2C)cc1. The molecule has 34 heavy (non-hydrogen) atoms. The van der Waals surface area contributed by atoms with Crippen LogP contribution in [0.25, 0.3) is 16.9 Å². The quantitative estimate of drug-likeness (QED) is 0.415. The molecular weight excluding hydrogens is 432 g/mol. The van der Waals surface area contributed by atoms with Crippen LogP contribution < -0.4 is 11.2 Å². The third-order valence-corrected chi connectivity index (χ3v) is 6.35. The summed E-state index contributed by atoms with van der Waals surface area (Å²) in [4.78, 5) is 44.5. The van der Waals surface area contributed by atoms with Crippen LogP contribution in [0.3, 0.4) is 0 Å². The largest absolute Gasteiger partial charge is 0.376 e. The molecule has 8 heteroatoms. The van der Waals surface area contributed by atoms with Gasteiger partial charge < -0.3 is 9.30 Å². The Bertz CT molecular complexity index is 1490. The number of ether oxygens (including phenoxy) is 1. The number of carbonyl (C=O) groups is 1. The first-order valence-electron chi connectivity index (χ1n) is 11.4. The number of ketones is 1. The third-order valence-electron chi connectivity index (χ3n) is 6.35. The zero-order valence-corrected chi connectivity index (χ0v) is 19.2. The van der Waals surface area contributed by atoms with E-state index >= 15 is 0 Å². The minimum absolute atomic E-state index is 0.0549. The summed E-state index contributed by atoms with van der Waals surface area (Å²) in [7, 11) is 0. The van der Waals surface area contributed by atoms with E-state index in [-0.39, 0.29) is 36.1 Å². The molecule has 0 spiro atoms. The summed E-state index contributed by atoms with van der Waals surface area (Å²) in [6, 6.07) is 14.8. The number of benzene rings is 2. The van der Waals surface area contributed by atoms with Gasteiger partial charge in [0.2, 0.25) is 0 Å². The minimum atomic E-state index is -0.463. The highest BCUT2D eigenvalue weighted by molar-refractivity contribution is 5.96. The van der Waals surface area contributed by atoms with Gasteiger partial charge in [-0.05, 0) is 38.3 Å². The predicted molar refractivity (Wildman–Crippen MR) is 129 cm³/mol. The number of hydrogen-bond donors (Lipinski definition) is 0. The average molecular weight is 459 g/mol. The molecule has 174 valence electrons. The highest BCUT2D eigenvalue weighted by Gasteiger charge is 2.24. The number of imidazole rings is 1. The molecule has 1 fully saturated rings. The Labute approximate surface area is 196 Å². The van der Waals surface area contributed by atoms with E-state index in [1.165, 1.54) is 15.5 Å². The summed E-state index contributed by atoms with van der Waals surface area (Å²) in [6.07, 6.45) is 2.96. The highest BCUT2D eigenvalue weighted by atomic mass is 16.5. The lowest BCUT2D eigenvalue weighted by Gasteiger charge is -2.16. The molecule has 1 aliphatic rings. The maximum Gasteiger partial charge on any atom is 0.337 e. The number of aromatic nitrogens is 4. The van der Waals surface area contributed by atoms with Gasteiger partial charge in [-0.1, -0.05) is 48.0 Å². The van der Waals surface area contributed by atoms with Crippen molar-refractivity contribution in [2.75, 3.05) is 6.61 Å². The van der Waals surface area contributed by atoms with E-state index in [1.807, 2.05) is 50.2 Å². The fourth-order valence-corrected chi connectivity index (χ4v) is 4.47. The van der Waals surface area contributed by atoms with Crippen LogP contribution in [-0.4, -0.2) is 37.2 Å². The second-order valence-corrected chi connectivity index (χ2v) is 8.79. The number of fused-ring (bicyclic) bond motifs is 1. The van der Waals surface area contributed by atoms with Gasteiger partial charge in [-0.25, -0.2) is 14.3 Å². The third kappa shape index (κ3) is 3.90. The molecule has 2 aromatic heterocycles. The topological polar surface area (TPSA) is 88.1 Å². The fourth-order valence-electron chi connectivity index (χ4n) is 4.47. The van der Waals surface area contributed by atoms with E-state index < -0.39 is 11.2 Å². The molecule has 8 nitrogen and oxygen atoms in total. The first-order valence-corrected chi connectivity index (χ1v) is 11.4. The minimum Gasteiger partial charge on any atom is -0.376 e. The molecule has 0 aliphatic carbocycles. The summed E-state index contributed by atoms with van der Waals surface area (Å²) in [6.45, 7) is 4.59. The summed E-state index contributed by atoms with van der Waals surface area (Å²) >= 11 is 0. The van der Waals surface area contributed by atoms with E-state index in [0.29, 0.717) is 17.9 Å². The summed E-state index contributed by atoms with van der Waals surface area (Å²) in [5.41, 5.74) is 2.67. The van der Waals surface area contributed by atoms with Gasteiger partial charge in [0.1, 0.15) is 0 Å². The van der Waals surface area contributed by atoms with Crippen molar-refractivity contribution < 1.29 is 9.53 Å². The van der Waals surface area contributed by atoms with E-state index in [2.05, 4.69) is 4.98 Å². The Kier molecular flexibility index (Phi) is 5.75. The van der Waals surface area contributed by atoms with Gasteiger partial charge >= 0.3 is 5.69 Å². The van der Waals surface area contributed by atoms with Gasteiger partial charge in [-0.3, -0.25) is 14.2 Å². The molecule has 1 unspecified atom stereocenters. The van der Waals surface area contributed by atoms with Crippen molar-refractivity contribution in [3.8, 4) is 5.69 Å². The van der Waals surface area contributed by atoms with E-state index in [1.54, 1.807) is 16.7 Å². The lowest BCUT2D eigenvalue weighted by Crippen LogP contribution is -2.42. The number of aryl methyl sites for hydroxylation is 2. The van der Waals surface area contributed by atoms with Crippen molar-refractivity contribution in [2.24, 2.45) is 0 Å². The fraction of sp³-hybridized carbons (Fsp3) is 0.308. The Morgan fingerprint density at radius 3 is 2.56 bits per heavy atom. The first kappa shape index (κ1) is 22.0. The lowest BCUT2D eigenvalue weighted by molar-refractivity contribution is 0.0947. The van der Waals surface area contributed by atoms with Crippen molar-refractivity contribution in [2.45, 2.75) is 45.9 Å². The van der Waals surface area contributed by atoms with Crippen LogP contribution in [0.2, 0.25) is 0 Å². The smallest absolute Gasteiger partial charge is 0.337 e. The molecule has 0 bridgehead atoms. The molecule has 1 atom stereocenters. The number of rotatable bonds is 6. The molecule has 4 aromatic rings. The summed E-state index contributed by atoms with van der Waals surface area (Å²) in [5.74, 6) is -0.141. The van der Waals surface area contributed by atoms with Gasteiger partial charge in [0.05, 0.1) is 31.2 Å². The molecular formula is C26H26N4O4. The monoisotopic (exact) mass is 458 g/mol. The Hall–Kier alpha value is -3.78. The van der Waals surface area contributed by atoms with Gasteiger partial charge in [0.15, 0.2) is 16.9 Å². The van der Waals surface area contributed by atoms with Crippen molar-refractivity contribution in [1.29, 1.82) is 0 Å². The molecule has 0 radical (unpaired) electrons. The number of para-hydroxylation sites is 1. The first-order chi connectivity index (χ1) is 16.4. The van der Waals surface area contributed by atoms with Gasteiger partial charge in [-0.2, -0.15) is 0 Å². The maximum absolute atomic E-state index is 13.6. The molecule has 0 N–H and O–H groups in total. The summed E-state index contributed by atoms with van der Waals surface area (Å²) < 4.78 is 9.94. The van der Waals surface area contributed by atoms with Crippen molar-refractivity contribution in [1.82, 2.24) is 18.7 Å². The molecule has 0 saturated carbocycles. The molecule has 5 rings (SSSR count). The summed E-state index contributed by atoms with van der Waals surface area (Å²) in [5, 5.41) is 0. The molecule has 1 aliphatic heterocycles. The van der Waals surface area contributed by atoms with E-state index in [0.717, 1.165) is 24.0 Å². The van der Waals surface area contributed by atoms with E-state index in [9.17, 15) is 14.4 Å². The number of Topliss-reactive ketones (excluding diaryl/α,β-unsaturated/α-hetero) is 1. The van der Waals surface area contributed by atoms with Crippen molar-refractivity contribution in [3.63, 3.8) is 0 Å². The van der Waals surface area contributed by atoms with Gasteiger partial charge in [0, 0.05) is 12.2 Å². The van der Waals surface area contributed by atoms with Gasteiger partial charge in [0.25, 0.3) is 5.56 Å². The molecule has 1 saturated heterocycles. The van der Waals surface area contributed by atoms with Crippen LogP contribution in [-0.2, 0) is 17.8 Å². The lowest BCUT2D eigenvalue weighted by atomic mass is 10.1. The molecule has 2 aromatic carbocycles. The number of hydrogen-bond acceptors (Lipinski definition) is 5. The normalized spacial score (nSPS) is 15.8. The average Bonchev–Trinajstić information content (AvgIpc) is 3.49. The predicted octanol–water partition coefficient (Wildman–Crippen LogP) is 3.03. The zero-order chi connectivity index (χ0) is 23.8. The van der Waals surface area contributed by atoms with Crippen LogP contribution in [0.1, 0.15) is 34.3 Å².